The van der Waals surface area contributed by atoms with Crippen molar-refractivity contribution in [3.8, 4) is 11.8 Å². The summed E-state index contributed by atoms with van der Waals surface area (Å²) in [5.41, 5.74) is 0.700. The van der Waals surface area contributed by atoms with Crippen LogP contribution in [-0.2, 0) is 9.59 Å². The summed E-state index contributed by atoms with van der Waals surface area (Å²) in [5.74, 6) is -1.28. The molecule has 1 amide bonds. The van der Waals surface area contributed by atoms with Gasteiger partial charge in [0, 0.05) is 6.04 Å². The highest BCUT2D eigenvalue weighted by Gasteiger charge is 2.18. The maximum absolute atomic E-state index is 12.2. The molecule has 2 rings (SSSR count). The lowest BCUT2D eigenvalue weighted by Gasteiger charge is -2.22. The second kappa shape index (κ2) is 8.88. The summed E-state index contributed by atoms with van der Waals surface area (Å²) in [6.07, 6.45) is 5.74. The number of hydrogen-bond acceptors (Lipinski definition) is 5. The summed E-state index contributed by atoms with van der Waals surface area (Å²) in [6.45, 7) is 1.38. The molecule has 0 heterocycles. The quantitative estimate of drug-likeness (QED) is 0.625. The molecule has 1 aromatic rings. The maximum atomic E-state index is 12.2. The van der Waals surface area contributed by atoms with Gasteiger partial charge in [0.1, 0.15) is 23.5 Å². The SMILES string of the molecule is C[C@@H](Oc1ccc(/C=C(/C#N)C(=O)NC2CCCCC2)cc1)C(=O)[O-]. The molecule has 1 saturated carbocycles. The highest BCUT2D eigenvalue weighted by Crippen LogP contribution is 2.19. The first-order valence-corrected chi connectivity index (χ1v) is 8.40. The predicted octanol–water partition coefficient (Wildman–Crippen LogP) is 1.56. The van der Waals surface area contributed by atoms with E-state index in [9.17, 15) is 20.0 Å². The Hall–Kier alpha value is -2.81. The molecule has 1 aromatic carbocycles. The molecule has 132 valence electrons. The Kier molecular flexibility index (Phi) is 6.58. The second-order valence-corrected chi connectivity index (χ2v) is 6.13. The van der Waals surface area contributed by atoms with Crippen molar-refractivity contribution in [3.63, 3.8) is 0 Å². The Morgan fingerprint density at radius 2 is 1.92 bits per heavy atom. The lowest BCUT2D eigenvalue weighted by Crippen LogP contribution is -2.37. The lowest BCUT2D eigenvalue weighted by molar-refractivity contribution is -0.312. The molecule has 25 heavy (non-hydrogen) atoms. The fraction of sp³-hybridized carbons (Fsp3) is 0.421. The van der Waals surface area contributed by atoms with Crippen molar-refractivity contribution >= 4 is 18.0 Å². The maximum Gasteiger partial charge on any atom is 0.262 e. The molecular weight excluding hydrogens is 320 g/mol. The van der Waals surface area contributed by atoms with E-state index in [0.29, 0.717) is 11.3 Å². The van der Waals surface area contributed by atoms with Gasteiger partial charge >= 0.3 is 0 Å². The van der Waals surface area contributed by atoms with E-state index in [2.05, 4.69) is 5.32 Å². The third-order valence-electron chi connectivity index (χ3n) is 4.14. The molecule has 1 atom stereocenters. The summed E-state index contributed by atoms with van der Waals surface area (Å²) >= 11 is 0. The first kappa shape index (κ1) is 18.5. The zero-order valence-electron chi connectivity index (χ0n) is 14.2. The minimum atomic E-state index is -1.30. The minimum Gasteiger partial charge on any atom is -0.546 e. The predicted molar refractivity (Wildman–Crippen MR) is 90.1 cm³/mol. The molecular formula is C19H21N2O4-. The molecule has 1 fully saturated rings. The number of nitriles is 1. The van der Waals surface area contributed by atoms with Gasteiger partial charge in [0.15, 0.2) is 0 Å². The van der Waals surface area contributed by atoms with Gasteiger partial charge < -0.3 is 20.0 Å². The molecule has 0 radical (unpaired) electrons. The number of carbonyl (C=O) groups is 2. The monoisotopic (exact) mass is 341 g/mol. The Labute approximate surface area is 147 Å². The number of carboxylic acids is 1. The highest BCUT2D eigenvalue weighted by molar-refractivity contribution is 6.01. The molecule has 0 bridgehead atoms. The first-order valence-electron chi connectivity index (χ1n) is 8.40. The Morgan fingerprint density at radius 1 is 1.28 bits per heavy atom. The number of nitrogens with zero attached hydrogens (tertiary/aromatic N) is 1. The third-order valence-corrected chi connectivity index (χ3v) is 4.14. The summed E-state index contributed by atoms with van der Waals surface area (Å²) in [6, 6.07) is 8.55. The molecule has 1 N–H and O–H groups in total. The zero-order valence-corrected chi connectivity index (χ0v) is 14.2. The fourth-order valence-corrected chi connectivity index (χ4v) is 2.72. The van der Waals surface area contributed by atoms with E-state index in [1.807, 2.05) is 6.07 Å². The number of rotatable bonds is 6. The summed E-state index contributed by atoms with van der Waals surface area (Å²) in [4.78, 5) is 22.9. The number of aliphatic carboxylic acids is 1. The summed E-state index contributed by atoms with van der Waals surface area (Å²) in [5, 5.41) is 22.8. The van der Waals surface area contributed by atoms with E-state index in [1.165, 1.54) is 19.4 Å². The van der Waals surface area contributed by atoms with Crippen molar-refractivity contribution in [1.82, 2.24) is 5.32 Å². The van der Waals surface area contributed by atoms with Gasteiger partial charge in [0.2, 0.25) is 0 Å². The Morgan fingerprint density at radius 3 is 2.48 bits per heavy atom. The van der Waals surface area contributed by atoms with Crippen molar-refractivity contribution in [2.75, 3.05) is 0 Å². The van der Waals surface area contributed by atoms with E-state index in [1.54, 1.807) is 24.3 Å². The van der Waals surface area contributed by atoms with Crippen LogP contribution in [0.3, 0.4) is 0 Å². The van der Waals surface area contributed by atoms with Crippen LogP contribution in [0.25, 0.3) is 6.08 Å². The normalized spacial score (nSPS) is 16.6. The Balaban J connectivity index is 2.01. The van der Waals surface area contributed by atoms with Gasteiger partial charge in [-0.1, -0.05) is 31.4 Å². The van der Waals surface area contributed by atoms with E-state index in [0.717, 1.165) is 25.7 Å². The van der Waals surface area contributed by atoms with Crippen molar-refractivity contribution in [2.24, 2.45) is 0 Å². The van der Waals surface area contributed by atoms with Gasteiger partial charge in [-0.15, -0.1) is 0 Å². The van der Waals surface area contributed by atoms with E-state index in [-0.39, 0.29) is 17.5 Å². The van der Waals surface area contributed by atoms with Gasteiger partial charge in [0.05, 0.1) is 5.97 Å². The van der Waals surface area contributed by atoms with Gasteiger partial charge in [-0.25, -0.2) is 0 Å². The number of benzene rings is 1. The van der Waals surface area contributed by atoms with Gasteiger partial charge in [-0.05, 0) is 43.5 Å². The van der Waals surface area contributed by atoms with Crippen LogP contribution in [0, 0.1) is 11.3 Å². The average molecular weight is 341 g/mol. The Bertz CT molecular complexity index is 682. The van der Waals surface area contributed by atoms with Crippen molar-refractivity contribution in [3.05, 3.63) is 35.4 Å². The number of hydrogen-bond donors (Lipinski definition) is 1. The zero-order chi connectivity index (χ0) is 18.2. The molecule has 0 saturated heterocycles. The molecule has 1 aliphatic rings. The molecule has 0 aromatic heterocycles. The number of carbonyl (C=O) groups excluding carboxylic acids is 2. The number of carboxylic acid groups (broad SMARTS) is 1. The van der Waals surface area contributed by atoms with E-state index in [4.69, 9.17) is 4.74 Å². The van der Waals surface area contributed by atoms with E-state index < -0.39 is 12.1 Å². The number of nitrogens with one attached hydrogen (secondary N) is 1. The van der Waals surface area contributed by atoms with Gasteiger partial charge in [-0.2, -0.15) is 5.26 Å². The molecule has 6 heteroatoms. The molecule has 0 aliphatic heterocycles. The average Bonchev–Trinajstić information content (AvgIpc) is 2.61. The molecule has 6 nitrogen and oxygen atoms in total. The number of amides is 1. The van der Waals surface area contributed by atoms with Crippen LogP contribution >= 0.6 is 0 Å². The molecule has 0 unspecified atom stereocenters. The van der Waals surface area contributed by atoms with Crippen LogP contribution in [0.15, 0.2) is 29.8 Å². The van der Waals surface area contributed by atoms with Crippen LogP contribution in [-0.4, -0.2) is 24.0 Å². The fourth-order valence-electron chi connectivity index (χ4n) is 2.72. The summed E-state index contributed by atoms with van der Waals surface area (Å²) < 4.78 is 5.18. The van der Waals surface area contributed by atoms with Crippen LogP contribution in [0.2, 0.25) is 0 Å². The second-order valence-electron chi connectivity index (χ2n) is 6.13. The van der Waals surface area contributed by atoms with Crippen molar-refractivity contribution in [1.29, 1.82) is 5.26 Å². The number of ether oxygens (including phenoxy) is 1. The van der Waals surface area contributed by atoms with Crippen LogP contribution in [0.5, 0.6) is 5.75 Å². The van der Waals surface area contributed by atoms with Gasteiger partial charge in [-0.3, -0.25) is 4.79 Å². The van der Waals surface area contributed by atoms with Gasteiger partial charge in [0.25, 0.3) is 5.91 Å². The third kappa shape index (κ3) is 5.64. The van der Waals surface area contributed by atoms with Crippen LogP contribution < -0.4 is 15.2 Å². The van der Waals surface area contributed by atoms with Crippen molar-refractivity contribution in [2.45, 2.75) is 51.2 Å². The lowest BCUT2D eigenvalue weighted by atomic mass is 9.95. The topological polar surface area (TPSA) is 102 Å². The highest BCUT2D eigenvalue weighted by atomic mass is 16.5. The molecule has 0 spiro atoms. The minimum absolute atomic E-state index is 0.0438. The van der Waals surface area contributed by atoms with Crippen LogP contribution in [0.4, 0.5) is 0 Å². The smallest absolute Gasteiger partial charge is 0.262 e. The van der Waals surface area contributed by atoms with Crippen LogP contribution in [0.1, 0.15) is 44.6 Å². The standard InChI is InChI=1S/C19H22N2O4/c1-13(19(23)24)25-17-9-7-14(8-10-17)11-15(12-20)18(22)21-16-5-3-2-4-6-16/h7-11,13,16H,2-6H2,1H3,(H,21,22)(H,23,24)/p-1/b15-11-/t13-/m1/s1. The summed E-state index contributed by atoms with van der Waals surface area (Å²) in [7, 11) is 0. The largest absolute Gasteiger partial charge is 0.546 e. The first-order chi connectivity index (χ1) is 12.0. The molecule has 1 aliphatic carbocycles. The van der Waals surface area contributed by atoms with E-state index >= 15 is 0 Å². The van der Waals surface area contributed by atoms with Crippen molar-refractivity contribution < 1.29 is 19.4 Å².